The van der Waals surface area contributed by atoms with Crippen LogP contribution in [0.15, 0.2) is 42.7 Å². The zero-order valence-corrected chi connectivity index (χ0v) is 17.6. The first-order valence-corrected chi connectivity index (χ1v) is 9.49. The molecule has 0 aliphatic rings. The Morgan fingerprint density at radius 3 is 2.23 bits per heavy atom. The average molecular weight is 488 g/mol. The summed E-state index contributed by atoms with van der Waals surface area (Å²) < 4.78 is 0. The lowest BCUT2D eigenvalue weighted by molar-refractivity contribution is -0.383. The molecule has 1 amide bonds. The summed E-state index contributed by atoms with van der Waals surface area (Å²) in [6.07, 6.45) is 1.07. The molecular formula is C17H10Cl4N6O3. The van der Waals surface area contributed by atoms with Gasteiger partial charge in [-0.2, -0.15) is 0 Å². The van der Waals surface area contributed by atoms with E-state index in [9.17, 15) is 14.9 Å². The summed E-state index contributed by atoms with van der Waals surface area (Å²) in [7, 11) is 0. The van der Waals surface area contributed by atoms with Gasteiger partial charge in [-0.1, -0.05) is 46.4 Å². The molecule has 3 rings (SSSR count). The second kappa shape index (κ2) is 9.31. The molecule has 0 spiro atoms. The summed E-state index contributed by atoms with van der Waals surface area (Å²) in [5.74, 6) is -1.06. The van der Waals surface area contributed by atoms with Crippen molar-refractivity contribution >= 4 is 75.3 Å². The largest absolute Gasteiger partial charge is 0.355 e. The molecule has 0 radical (unpaired) electrons. The Morgan fingerprint density at radius 1 is 0.933 bits per heavy atom. The first kappa shape index (κ1) is 21.8. The predicted octanol–water partition coefficient (Wildman–Crippen LogP) is 5.50. The number of carbonyl (C=O) groups is 1. The molecule has 2 aromatic carbocycles. The molecule has 0 aliphatic carbocycles. The molecule has 0 fully saturated rings. The lowest BCUT2D eigenvalue weighted by Crippen LogP contribution is -2.30. The zero-order valence-electron chi connectivity index (χ0n) is 14.6. The van der Waals surface area contributed by atoms with Crippen molar-refractivity contribution in [3.8, 4) is 0 Å². The van der Waals surface area contributed by atoms with Crippen molar-refractivity contribution in [2.75, 3.05) is 10.7 Å². The smallest absolute Gasteiger partial charge is 0.334 e. The normalized spacial score (nSPS) is 10.4. The van der Waals surface area contributed by atoms with Crippen LogP contribution in [0.1, 0.15) is 10.4 Å². The van der Waals surface area contributed by atoms with Gasteiger partial charge < -0.3 is 5.32 Å². The summed E-state index contributed by atoms with van der Waals surface area (Å²) >= 11 is 23.7. The van der Waals surface area contributed by atoms with Crippen LogP contribution in [0.3, 0.4) is 0 Å². The number of hydrogen-bond acceptors (Lipinski definition) is 7. The highest BCUT2D eigenvalue weighted by Crippen LogP contribution is 2.32. The second-order valence-electron chi connectivity index (χ2n) is 5.66. The molecular weight excluding hydrogens is 478 g/mol. The predicted molar refractivity (Wildman–Crippen MR) is 116 cm³/mol. The second-order valence-corrected chi connectivity index (χ2v) is 7.38. The molecule has 0 bridgehead atoms. The van der Waals surface area contributed by atoms with E-state index in [2.05, 4.69) is 26.1 Å². The van der Waals surface area contributed by atoms with Gasteiger partial charge in [0.1, 0.15) is 6.33 Å². The molecule has 0 atom stereocenters. The summed E-state index contributed by atoms with van der Waals surface area (Å²) in [6, 6.07) is 8.81. The first-order chi connectivity index (χ1) is 14.2. The first-order valence-electron chi connectivity index (χ1n) is 7.98. The summed E-state index contributed by atoms with van der Waals surface area (Å²) in [4.78, 5) is 30.9. The zero-order chi connectivity index (χ0) is 21.8. The average Bonchev–Trinajstić information content (AvgIpc) is 2.65. The highest BCUT2D eigenvalue weighted by Gasteiger charge is 2.24. The van der Waals surface area contributed by atoms with E-state index in [4.69, 9.17) is 46.4 Å². The summed E-state index contributed by atoms with van der Waals surface area (Å²) in [5.41, 5.74) is 4.67. The van der Waals surface area contributed by atoms with Crippen LogP contribution < -0.4 is 16.2 Å². The van der Waals surface area contributed by atoms with Crippen LogP contribution in [-0.4, -0.2) is 20.8 Å². The fraction of sp³-hybridized carbons (Fsp3) is 0. The van der Waals surface area contributed by atoms with Gasteiger partial charge in [-0.05, 0) is 36.4 Å². The number of nitrogens with one attached hydrogen (secondary N) is 3. The summed E-state index contributed by atoms with van der Waals surface area (Å²) in [5, 5.41) is 15.5. The van der Waals surface area contributed by atoms with Gasteiger partial charge in [0.15, 0.2) is 0 Å². The number of aromatic nitrogens is 2. The van der Waals surface area contributed by atoms with Gasteiger partial charge in [0.05, 0.1) is 15.5 Å². The van der Waals surface area contributed by atoms with Crippen molar-refractivity contribution in [1.29, 1.82) is 0 Å². The highest BCUT2D eigenvalue weighted by molar-refractivity contribution is 6.37. The number of nitrogens with zero attached hydrogens (tertiary/aromatic N) is 3. The monoisotopic (exact) mass is 486 g/mol. The van der Waals surface area contributed by atoms with E-state index in [1.807, 2.05) is 0 Å². The van der Waals surface area contributed by atoms with Crippen molar-refractivity contribution < 1.29 is 9.72 Å². The van der Waals surface area contributed by atoms with Gasteiger partial charge in [0.2, 0.25) is 11.6 Å². The Balaban J connectivity index is 1.85. The quantitative estimate of drug-likeness (QED) is 0.310. The Kier molecular flexibility index (Phi) is 6.78. The molecule has 13 heteroatoms. The lowest BCUT2D eigenvalue weighted by Gasteiger charge is -2.12. The highest BCUT2D eigenvalue weighted by atomic mass is 35.5. The number of nitro groups is 1. The van der Waals surface area contributed by atoms with Crippen LogP contribution >= 0.6 is 46.4 Å². The minimum Gasteiger partial charge on any atom is -0.334 e. The minimum atomic E-state index is -0.710. The topological polar surface area (TPSA) is 122 Å². The third kappa shape index (κ3) is 5.19. The molecule has 154 valence electrons. The SMILES string of the molecule is O=C(NNc1ncnc(Nc2cc(Cl)cc(Cl)c2)c1[N+](=O)[O-])c1ccc(Cl)cc1Cl. The molecule has 3 aromatic rings. The number of amides is 1. The number of carbonyl (C=O) groups excluding carboxylic acids is 1. The Morgan fingerprint density at radius 2 is 1.60 bits per heavy atom. The van der Waals surface area contributed by atoms with E-state index in [0.29, 0.717) is 20.8 Å². The van der Waals surface area contributed by atoms with Crippen molar-refractivity contribution in [2.24, 2.45) is 0 Å². The molecule has 0 saturated heterocycles. The van der Waals surface area contributed by atoms with E-state index in [0.717, 1.165) is 6.33 Å². The standard InChI is InChI=1S/C17H10Cl4N6O3/c18-8-1-2-12(13(21)6-8)17(28)26-25-16-14(27(29)30)15(22-7-23-16)24-11-4-9(19)3-10(20)5-11/h1-7H,(H,26,28)(H2,22,23,24,25). The maximum absolute atomic E-state index is 12.3. The number of halogens is 4. The molecule has 3 N–H and O–H groups in total. The number of hydrazine groups is 1. The third-order valence-electron chi connectivity index (χ3n) is 3.60. The lowest BCUT2D eigenvalue weighted by atomic mass is 10.2. The van der Waals surface area contributed by atoms with Gasteiger partial charge in [-0.25, -0.2) is 9.97 Å². The van der Waals surface area contributed by atoms with E-state index < -0.39 is 16.5 Å². The fourth-order valence-electron chi connectivity index (χ4n) is 2.35. The van der Waals surface area contributed by atoms with Crippen LogP contribution in [0, 0.1) is 10.1 Å². The van der Waals surface area contributed by atoms with E-state index in [1.165, 1.54) is 36.4 Å². The number of hydrogen-bond donors (Lipinski definition) is 3. The molecule has 0 saturated carbocycles. The van der Waals surface area contributed by atoms with E-state index >= 15 is 0 Å². The van der Waals surface area contributed by atoms with E-state index in [1.54, 1.807) is 0 Å². The number of rotatable bonds is 6. The minimum absolute atomic E-state index is 0.109. The van der Waals surface area contributed by atoms with Gasteiger partial charge in [-0.3, -0.25) is 25.8 Å². The van der Waals surface area contributed by atoms with Crippen LogP contribution in [0.4, 0.5) is 23.0 Å². The van der Waals surface area contributed by atoms with E-state index in [-0.39, 0.29) is 22.2 Å². The Bertz CT molecular complexity index is 1120. The molecule has 1 aromatic heterocycles. The number of anilines is 3. The van der Waals surface area contributed by atoms with Gasteiger partial charge in [0.25, 0.3) is 5.91 Å². The number of benzene rings is 2. The van der Waals surface area contributed by atoms with Crippen molar-refractivity contribution in [1.82, 2.24) is 15.4 Å². The van der Waals surface area contributed by atoms with Gasteiger partial charge in [0, 0.05) is 20.8 Å². The summed E-state index contributed by atoms with van der Waals surface area (Å²) in [6.45, 7) is 0. The maximum atomic E-state index is 12.3. The van der Waals surface area contributed by atoms with Crippen LogP contribution in [0.5, 0.6) is 0 Å². The van der Waals surface area contributed by atoms with Crippen LogP contribution in [0.2, 0.25) is 20.1 Å². The van der Waals surface area contributed by atoms with Crippen molar-refractivity contribution in [2.45, 2.75) is 0 Å². The Hall–Kier alpha value is -2.85. The van der Waals surface area contributed by atoms with Gasteiger partial charge in [-0.15, -0.1) is 0 Å². The Labute approximate surface area is 189 Å². The van der Waals surface area contributed by atoms with Crippen molar-refractivity contribution in [3.63, 3.8) is 0 Å². The molecule has 30 heavy (non-hydrogen) atoms. The third-order valence-corrected chi connectivity index (χ3v) is 4.58. The van der Waals surface area contributed by atoms with Gasteiger partial charge >= 0.3 is 5.69 Å². The van der Waals surface area contributed by atoms with Crippen LogP contribution in [-0.2, 0) is 0 Å². The maximum Gasteiger partial charge on any atom is 0.355 e. The molecule has 0 aliphatic heterocycles. The molecule has 0 unspecified atom stereocenters. The van der Waals surface area contributed by atoms with Crippen LogP contribution in [0.25, 0.3) is 0 Å². The molecule has 1 heterocycles. The molecule has 9 nitrogen and oxygen atoms in total. The fourth-order valence-corrected chi connectivity index (χ4v) is 3.37. The van der Waals surface area contributed by atoms with Crippen molar-refractivity contribution in [3.05, 3.63) is 78.5 Å².